The van der Waals surface area contributed by atoms with Gasteiger partial charge in [0.25, 0.3) is 0 Å². The summed E-state index contributed by atoms with van der Waals surface area (Å²) in [7, 11) is 0. The lowest BCUT2D eigenvalue weighted by atomic mass is 10.1. The normalized spacial score (nSPS) is 18.2. The minimum Gasteiger partial charge on any atom is -0.340 e. The minimum absolute atomic E-state index is 0.0543. The topological polar surface area (TPSA) is 95.0 Å². The Morgan fingerprint density at radius 3 is 2.69 bits per heavy atom. The molecule has 1 amide bonds. The van der Waals surface area contributed by atoms with E-state index >= 15 is 4.39 Å². The highest BCUT2D eigenvalue weighted by Crippen LogP contribution is 2.34. The number of anilines is 2. The maximum Gasteiger partial charge on any atom is 0.225 e. The van der Waals surface area contributed by atoms with Crippen molar-refractivity contribution in [3.63, 3.8) is 0 Å². The van der Waals surface area contributed by atoms with Gasteiger partial charge in [-0.15, -0.1) is 0 Å². The minimum atomic E-state index is -0.721. The Kier molecular flexibility index (Phi) is 6.03. The first kappa shape index (κ1) is 24.2. The number of piperazine rings is 1. The number of aromatic nitrogens is 5. The molecule has 1 aromatic carbocycles. The first-order valence-corrected chi connectivity index (χ1v) is 13.6. The second-order valence-corrected chi connectivity index (χ2v) is 11.0. The molecule has 3 aliphatic rings. The fourth-order valence-electron chi connectivity index (χ4n) is 5.30. The summed E-state index contributed by atoms with van der Waals surface area (Å²) in [4.78, 5) is 28.3. The van der Waals surface area contributed by atoms with Crippen LogP contribution in [-0.2, 0) is 17.9 Å². The lowest BCUT2D eigenvalue weighted by Gasteiger charge is -2.34. The molecular weight excluding hydrogens is 502 g/mol. The van der Waals surface area contributed by atoms with E-state index in [4.69, 9.17) is 0 Å². The van der Waals surface area contributed by atoms with Crippen LogP contribution < -0.4 is 5.32 Å². The molecular formula is C28H30F2N8O. The number of carbonyl (C=O) groups is 1. The molecule has 0 unspecified atom stereocenters. The van der Waals surface area contributed by atoms with Crippen LogP contribution in [0.15, 0.2) is 36.8 Å². The van der Waals surface area contributed by atoms with Crippen molar-refractivity contribution in [3.05, 3.63) is 54.0 Å². The SMILES string of the molecule is O=C(C1CC1)N1CCN(Cc2ccnc(Nc3nc4c(F)c(-c5cnn(CC6CC6)c5)c(F)cc4[nH]3)c2)CC1. The Labute approximate surface area is 224 Å². The Morgan fingerprint density at radius 1 is 1.10 bits per heavy atom. The van der Waals surface area contributed by atoms with Crippen LogP contribution >= 0.6 is 0 Å². The smallest absolute Gasteiger partial charge is 0.225 e. The number of fused-ring (bicyclic) bond motifs is 1. The molecule has 1 saturated heterocycles. The molecule has 11 heteroatoms. The predicted octanol–water partition coefficient (Wildman–Crippen LogP) is 4.31. The highest BCUT2D eigenvalue weighted by molar-refractivity contribution is 5.85. The maximum atomic E-state index is 15.5. The largest absolute Gasteiger partial charge is 0.340 e. The van der Waals surface area contributed by atoms with Gasteiger partial charge in [0.15, 0.2) is 5.82 Å². The van der Waals surface area contributed by atoms with E-state index in [1.165, 1.54) is 25.1 Å². The number of nitrogens with zero attached hydrogens (tertiary/aromatic N) is 6. The fraction of sp³-hybridized carbons (Fsp3) is 0.429. The van der Waals surface area contributed by atoms with Gasteiger partial charge >= 0.3 is 0 Å². The molecule has 4 heterocycles. The fourth-order valence-corrected chi connectivity index (χ4v) is 5.30. The van der Waals surface area contributed by atoms with Crippen molar-refractivity contribution in [2.45, 2.75) is 38.8 Å². The summed E-state index contributed by atoms with van der Waals surface area (Å²) in [6.45, 7) is 4.69. The number of hydrogen-bond acceptors (Lipinski definition) is 6. The third-order valence-electron chi connectivity index (χ3n) is 7.82. The van der Waals surface area contributed by atoms with E-state index in [9.17, 15) is 9.18 Å². The van der Waals surface area contributed by atoms with Gasteiger partial charge in [-0.05, 0) is 49.3 Å². The third kappa shape index (κ3) is 5.10. The van der Waals surface area contributed by atoms with Crippen molar-refractivity contribution in [2.75, 3.05) is 31.5 Å². The van der Waals surface area contributed by atoms with Crippen LogP contribution in [0.5, 0.6) is 0 Å². The second kappa shape index (κ2) is 9.71. The summed E-state index contributed by atoms with van der Waals surface area (Å²) in [5.74, 6) is 0.619. The summed E-state index contributed by atoms with van der Waals surface area (Å²) >= 11 is 0. The number of H-pyrrole nitrogens is 1. The highest BCUT2D eigenvalue weighted by Gasteiger charge is 2.34. The first-order valence-electron chi connectivity index (χ1n) is 13.6. The molecule has 1 aliphatic heterocycles. The second-order valence-electron chi connectivity index (χ2n) is 11.0. The molecule has 2 aliphatic carbocycles. The summed E-state index contributed by atoms with van der Waals surface area (Å²) in [6.07, 6.45) is 9.32. The number of imidazole rings is 1. The molecule has 39 heavy (non-hydrogen) atoms. The van der Waals surface area contributed by atoms with Crippen molar-refractivity contribution in [3.8, 4) is 11.1 Å². The van der Waals surface area contributed by atoms with Crippen molar-refractivity contribution in [1.82, 2.24) is 34.5 Å². The van der Waals surface area contributed by atoms with E-state index in [1.54, 1.807) is 17.1 Å². The Hall–Kier alpha value is -3.86. The molecule has 2 saturated carbocycles. The Balaban J connectivity index is 1.04. The molecule has 3 fully saturated rings. The lowest BCUT2D eigenvalue weighted by Crippen LogP contribution is -2.48. The van der Waals surface area contributed by atoms with Crippen LogP contribution in [0.2, 0.25) is 0 Å². The number of pyridine rings is 1. The first-order chi connectivity index (χ1) is 19.0. The quantitative estimate of drug-likeness (QED) is 0.351. The van der Waals surface area contributed by atoms with E-state index in [0.29, 0.717) is 23.2 Å². The van der Waals surface area contributed by atoms with E-state index < -0.39 is 11.6 Å². The number of rotatable bonds is 8. The number of benzene rings is 1. The monoisotopic (exact) mass is 532 g/mol. The molecule has 0 atom stereocenters. The summed E-state index contributed by atoms with van der Waals surface area (Å²) in [6, 6.07) is 5.14. The van der Waals surface area contributed by atoms with Gasteiger partial charge in [-0.25, -0.2) is 18.7 Å². The van der Waals surface area contributed by atoms with Crippen LogP contribution in [-0.4, -0.2) is 66.6 Å². The van der Waals surface area contributed by atoms with E-state index in [-0.39, 0.29) is 28.5 Å². The number of halogens is 2. The zero-order valence-electron chi connectivity index (χ0n) is 21.5. The molecule has 9 nitrogen and oxygen atoms in total. The summed E-state index contributed by atoms with van der Waals surface area (Å²) in [5, 5.41) is 7.38. The zero-order valence-corrected chi connectivity index (χ0v) is 21.5. The van der Waals surface area contributed by atoms with Crippen molar-refractivity contribution in [2.24, 2.45) is 11.8 Å². The summed E-state index contributed by atoms with van der Waals surface area (Å²) < 4.78 is 32.2. The molecule has 4 aromatic rings. The molecule has 2 N–H and O–H groups in total. The standard InChI is InChI=1S/C28H30F2N8O/c29-21-12-22-26(25(30)24(21)20-13-32-38(16-20)15-17-1-2-17)35-28(33-22)34-23-11-18(5-6-31-23)14-36-7-9-37(10-8-36)27(39)19-3-4-19/h5-6,11-13,16-17,19H,1-4,7-10,14-15H2,(H2,31,33,34,35). The van der Waals surface area contributed by atoms with Gasteiger partial charge in [0.05, 0.1) is 17.3 Å². The van der Waals surface area contributed by atoms with Crippen molar-refractivity contribution >= 4 is 28.7 Å². The highest BCUT2D eigenvalue weighted by atomic mass is 19.1. The van der Waals surface area contributed by atoms with Crippen molar-refractivity contribution in [1.29, 1.82) is 0 Å². The van der Waals surface area contributed by atoms with Gasteiger partial charge in [-0.2, -0.15) is 5.10 Å². The maximum absolute atomic E-state index is 15.5. The number of amides is 1. The van der Waals surface area contributed by atoms with Crippen LogP contribution in [0.1, 0.15) is 31.2 Å². The van der Waals surface area contributed by atoms with Gasteiger partial charge < -0.3 is 15.2 Å². The van der Waals surface area contributed by atoms with E-state index in [1.807, 2.05) is 17.0 Å². The molecule has 202 valence electrons. The average molecular weight is 533 g/mol. The van der Waals surface area contributed by atoms with Crippen molar-refractivity contribution < 1.29 is 13.6 Å². The lowest BCUT2D eigenvalue weighted by molar-refractivity contribution is -0.134. The van der Waals surface area contributed by atoms with Gasteiger partial charge in [0.1, 0.15) is 17.2 Å². The van der Waals surface area contributed by atoms with E-state index in [0.717, 1.165) is 57.7 Å². The van der Waals surface area contributed by atoms with E-state index in [2.05, 4.69) is 30.3 Å². The van der Waals surface area contributed by atoms with Gasteiger partial charge in [0.2, 0.25) is 11.9 Å². The van der Waals surface area contributed by atoms with Gasteiger partial charge in [0, 0.05) is 69.2 Å². The molecule has 0 radical (unpaired) electrons. The number of aromatic amines is 1. The Morgan fingerprint density at radius 2 is 1.92 bits per heavy atom. The third-order valence-corrected chi connectivity index (χ3v) is 7.82. The molecule has 7 rings (SSSR count). The van der Waals surface area contributed by atoms with Gasteiger partial charge in [-0.3, -0.25) is 14.4 Å². The van der Waals surface area contributed by atoms with Crippen LogP contribution in [0.4, 0.5) is 20.5 Å². The predicted molar refractivity (Wildman–Crippen MR) is 142 cm³/mol. The number of hydrogen-bond donors (Lipinski definition) is 2. The zero-order chi connectivity index (χ0) is 26.5. The number of nitrogens with one attached hydrogen (secondary N) is 2. The number of carbonyl (C=O) groups excluding carboxylic acids is 1. The van der Waals surface area contributed by atoms with Gasteiger partial charge in [-0.1, -0.05) is 0 Å². The van der Waals surface area contributed by atoms with Crippen LogP contribution in [0, 0.1) is 23.5 Å². The van der Waals surface area contributed by atoms with Crippen LogP contribution in [0.25, 0.3) is 22.2 Å². The molecule has 3 aromatic heterocycles. The Bertz CT molecular complexity index is 1530. The molecule has 0 spiro atoms. The average Bonchev–Trinajstić information content (AvgIpc) is 3.85. The summed E-state index contributed by atoms with van der Waals surface area (Å²) in [5.41, 5.74) is 1.65. The van der Waals surface area contributed by atoms with Crippen LogP contribution in [0.3, 0.4) is 0 Å². The molecule has 0 bridgehead atoms.